The first-order chi connectivity index (χ1) is 8.24. The van der Waals surface area contributed by atoms with Crippen molar-refractivity contribution in [3.63, 3.8) is 0 Å². The van der Waals surface area contributed by atoms with Gasteiger partial charge >= 0.3 is 0 Å². The highest BCUT2D eigenvalue weighted by molar-refractivity contribution is 5.41. The standard InChI is InChI=1S/C14H23N3/c1-3-17(10-12-5-4-6-12)14-8-7-13(9-15)11(2)16-14/h7-8,12H,3-6,9-10,15H2,1-2H3. The molecule has 1 aliphatic rings. The van der Waals surface area contributed by atoms with E-state index < -0.39 is 0 Å². The van der Waals surface area contributed by atoms with Crippen molar-refractivity contribution in [3.05, 3.63) is 23.4 Å². The molecule has 0 aliphatic heterocycles. The molecule has 0 saturated heterocycles. The van der Waals surface area contributed by atoms with Gasteiger partial charge in [-0.05, 0) is 44.2 Å². The molecule has 17 heavy (non-hydrogen) atoms. The molecule has 1 saturated carbocycles. The van der Waals surface area contributed by atoms with E-state index in [1.165, 1.54) is 19.3 Å². The van der Waals surface area contributed by atoms with Crippen molar-refractivity contribution >= 4 is 5.82 Å². The van der Waals surface area contributed by atoms with Crippen molar-refractivity contribution in [2.45, 2.75) is 39.7 Å². The van der Waals surface area contributed by atoms with Crippen molar-refractivity contribution in [3.8, 4) is 0 Å². The number of hydrogen-bond acceptors (Lipinski definition) is 3. The molecule has 0 unspecified atom stereocenters. The van der Waals surface area contributed by atoms with Gasteiger partial charge in [-0.15, -0.1) is 0 Å². The van der Waals surface area contributed by atoms with Crippen LogP contribution in [0.5, 0.6) is 0 Å². The summed E-state index contributed by atoms with van der Waals surface area (Å²) in [5.74, 6) is 1.99. The second-order valence-electron chi connectivity index (χ2n) is 4.95. The fourth-order valence-electron chi connectivity index (χ4n) is 2.34. The summed E-state index contributed by atoms with van der Waals surface area (Å²) in [6.45, 7) is 7.01. The van der Waals surface area contributed by atoms with Crippen LogP contribution in [0.15, 0.2) is 12.1 Å². The molecule has 0 amide bonds. The molecule has 1 heterocycles. The van der Waals surface area contributed by atoms with E-state index in [2.05, 4.69) is 28.9 Å². The molecule has 3 heteroatoms. The van der Waals surface area contributed by atoms with Crippen LogP contribution in [-0.2, 0) is 6.54 Å². The zero-order valence-corrected chi connectivity index (χ0v) is 10.9. The van der Waals surface area contributed by atoms with Crippen LogP contribution in [0.3, 0.4) is 0 Å². The van der Waals surface area contributed by atoms with Gasteiger partial charge in [0.15, 0.2) is 0 Å². The number of aromatic nitrogens is 1. The third kappa shape index (κ3) is 2.78. The number of nitrogens with zero attached hydrogens (tertiary/aromatic N) is 2. The zero-order chi connectivity index (χ0) is 12.3. The number of hydrogen-bond donors (Lipinski definition) is 1. The molecular formula is C14H23N3. The number of pyridine rings is 1. The van der Waals surface area contributed by atoms with Crippen molar-refractivity contribution in [2.75, 3.05) is 18.0 Å². The largest absolute Gasteiger partial charge is 0.357 e. The quantitative estimate of drug-likeness (QED) is 0.849. The predicted octanol–water partition coefficient (Wildman–Crippen LogP) is 2.48. The minimum Gasteiger partial charge on any atom is -0.357 e. The van der Waals surface area contributed by atoms with Crippen molar-refractivity contribution < 1.29 is 0 Å². The average molecular weight is 233 g/mol. The van der Waals surface area contributed by atoms with Gasteiger partial charge in [0.1, 0.15) is 5.82 Å². The van der Waals surface area contributed by atoms with Crippen LogP contribution < -0.4 is 10.6 Å². The first-order valence-electron chi connectivity index (χ1n) is 6.66. The Kier molecular flexibility index (Phi) is 4.00. The topological polar surface area (TPSA) is 42.1 Å². The molecule has 2 N–H and O–H groups in total. The Morgan fingerprint density at radius 2 is 2.18 bits per heavy atom. The molecule has 0 aromatic carbocycles. The first kappa shape index (κ1) is 12.4. The molecular weight excluding hydrogens is 210 g/mol. The summed E-state index contributed by atoms with van der Waals surface area (Å²) in [5, 5.41) is 0. The van der Waals surface area contributed by atoms with Crippen LogP contribution in [-0.4, -0.2) is 18.1 Å². The highest BCUT2D eigenvalue weighted by Gasteiger charge is 2.20. The smallest absolute Gasteiger partial charge is 0.128 e. The summed E-state index contributed by atoms with van der Waals surface area (Å²) in [5.41, 5.74) is 7.88. The van der Waals surface area contributed by atoms with E-state index in [4.69, 9.17) is 5.73 Å². The zero-order valence-electron chi connectivity index (χ0n) is 10.9. The lowest BCUT2D eigenvalue weighted by atomic mass is 9.85. The van der Waals surface area contributed by atoms with E-state index in [1.54, 1.807) is 0 Å². The third-order valence-electron chi connectivity index (χ3n) is 3.81. The lowest BCUT2D eigenvalue weighted by Gasteiger charge is -2.32. The van der Waals surface area contributed by atoms with E-state index in [-0.39, 0.29) is 0 Å². The third-order valence-corrected chi connectivity index (χ3v) is 3.81. The van der Waals surface area contributed by atoms with Crippen molar-refractivity contribution in [2.24, 2.45) is 11.7 Å². The summed E-state index contributed by atoms with van der Waals surface area (Å²) in [7, 11) is 0. The Hall–Kier alpha value is -1.09. The Balaban J connectivity index is 2.09. The number of nitrogens with two attached hydrogens (primary N) is 1. The molecule has 0 atom stereocenters. The Morgan fingerprint density at radius 1 is 1.41 bits per heavy atom. The SMILES string of the molecule is CCN(CC1CCC1)c1ccc(CN)c(C)n1. The van der Waals surface area contributed by atoms with Crippen LogP contribution in [0.25, 0.3) is 0 Å². The molecule has 3 nitrogen and oxygen atoms in total. The van der Waals surface area contributed by atoms with Crippen LogP contribution in [0.2, 0.25) is 0 Å². The second-order valence-corrected chi connectivity index (χ2v) is 4.95. The summed E-state index contributed by atoms with van der Waals surface area (Å²) in [4.78, 5) is 7.06. The highest BCUT2D eigenvalue weighted by Crippen LogP contribution is 2.28. The van der Waals surface area contributed by atoms with Gasteiger partial charge in [-0.3, -0.25) is 0 Å². The lowest BCUT2D eigenvalue weighted by Crippen LogP contribution is -2.33. The van der Waals surface area contributed by atoms with E-state index in [0.717, 1.165) is 36.1 Å². The maximum Gasteiger partial charge on any atom is 0.128 e. The predicted molar refractivity (Wildman–Crippen MR) is 72.1 cm³/mol. The molecule has 0 bridgehead atoms. The van der Waals surface area contributed by atoms with Gasteiger partial charge < -0.3 is 10.6 Å². The van der Waals surface area contributed by atoms with E-state index in [9.17, 15) is 0 Å². The summed E-state index contributed by atoms with van der Waals surface area (Å²) < 4.78 is 0. The molecule has 94 valence electrons. The lowest BCUT2D eigenvalue weighted by molar-refractivity contribution is 0.318. The van der Waals surface area contributed by atoms with Gasteiger partial charge in [-0.2, -0.15) is 0 Å². The maximum absolute atomic E-state index is 5.67. The Morgan fingerprint density at radius 3 is 2.65 bits per heavy atom. The minimum atomic E-state index is 0.577. The van der Waals surface area contributed by atoms with Crippen molar-refractivity contribution in [1.82, 2.24) is 4.98 Å². The summed E-state index contributed by atoms with van der Waals surface area (Å²) in [6.07, 6.45) is 4.17. The van der Waals surface area contributed by atoms with E-state index in [0.29, 0.717) is 6.54 Å². The Bertz CT molecular complexity index is 372. The molecule has 1 aromatic rings. The minimum absolute atomic E-state index is 0.577. The fraction of sp³-hybridized carbons (Fsp3) is 0.643. The van der Waals surface area contributed by atoms with Gasteiger partial charge in [-0.25, -0.2) is 4.98 Å². The van der Waals surface area contributed by atoms with Crippen LogP contribution in [0.1, 0.15) is 37.4 Å². The molecule has 1 aliphatic carbocycles. The van der Waals surface area contributed by atoms with Crippen LogP contribution in [0.4, 0.5) is 5.82 Å². The average Bonchev–Trinajstić information content (AvgIpc) is 2.28. The number of anilines is 1. The monoisotopic (exact) mass is 233 g/mol. The number of aryl methyl sites for hydroxylation is 1. The van der Waals surface area contributed by atoms with Gasteiger partial charge in [0.05, 0.1) is 0 Å². The molecule has 0 spiro atoms. The maximum atomic E-state index is 5.67. The first-order valence-corrected chi connectivity index (χ1v) is 6.66. The van der Waals surface area contributed by atoms with Gasteiger partial charge in [0, 0.05) is 25.3 Å². The normalized spacial score (nSPS) is 15.7. The highest BCUT2D eigenvalue weighted by atomic mass is 15.2. The molecule has 1 fully saturated rings. The van der Waals surface area contributed by atoms with E-state index in [1.807, 2.05) is 6.92 Å². The molecule has 0 radical (unpaired) electrons. The van der Waals surface area contributed by atoms with Crippen LogP contribution in [0, 0.1) is 12.8 Å². The molecule has 2 rings (SSSR count). The summed E-state index contributed by atoms with van der Waals surface area (Å²) >= 11 is 0. The fourth-order valence-corrected chi connectivity index (χ4v) is 2.34. The van der Waals surface area contributed by atoms with Crippen molar-refractivity contribution in [1.29, 1.82) is 0 Å². The molecule has 1 aromatic heterocycles. The number of rotatable bonds is 5. The van der Waals surface area contributed by atoms with Crippen LogP contribution >= 0.6 is 0 Å². The second kappa shape index (κ2) is 5.50. The van der Waals surface area contributed by atoms with Gasteiger partial charge in [0.25, 0.3) is 0 Å². The van der Waals surface area contributed by atoms with E-state index >= 15 is 0 Å². The van der Waals surface area contributed by atoms with Gasteiger partial charge in [-0.1, -0.05) is 12.5 Å². The van der Waals surface area contributed by atoms with Gasteiger partial charge in [0.2, 0.25) is 0 Å². The summed E-state index contributed by atoms with van der Waals surface area (Å²) in [6, 6.07) is 4.22. The Labute approximate surface area is 104 Å².